The molecule has 7 heteroatoms. The number of rotatable bonds is 5. The van der Waals surface area contributed by atoms with Crippen molar-refractivity contribution in [3.8, 4) is 11.3 Å². The van der Waals surface area contributed by atoms with Crippen LogP contribution in [0.1, 0.15) is 11.9 Å². The molecule has 1 aromatic heterocycles. The van der Waals surface area contributed by atoms with Crippen molar-refractivity contribution in [2.24, 2.45) is 0 Å². The van der Waals surface area contributed by atoms with Crippen molar-refractivity contribution in [1.82, 2.24) is 9.88 Å². The second kappa shape index (κ2) is 6.78. The summed E-state index contributed by atoms with van der Waals surface area (Å²) in [6.45, 7) is 3.24. The largest absolute Gasteiger partial charge is 0.448 e. The number of nitrogens with zero attached hydrogens (tertiary/aromatic N) is 2. The van der Waals surface area contributed by atoms with Crippen LogP contribution in [0.15, 0.2) is 29.6 Å². The molecule has 120 valence electrons. The van der Waals surface area contributed by atoms with Gasteiger partial charge in [-0.1, -0.05) is 12.1 Å². The minimum absolute atomic E-state index is 0.0888. The molecule has 1 aromatic carbocycles. The Hall–Kier alpha value is -2.41. The van der Waals surface area contributed by atoms with Crippen molar-refractivity contribution in [3.05, 3.63) is 34.7 Å². The van der Waals surface area contributed by atoms with Crippen molar-refractivity contribution >= 4 is 29.0 Å². The molecule has 6 nitrogen and oxygen atoms in total. The summed E-state index contributed by atoms with van der Waals surface area (Å²) in [5.74, 6) is -0.0888. The maximum atomic E-state index is 11.4. The van der Waals surface area contributed by atoms with E-state index >= 15 is 0 Å². The molecule has 1 fully saturated rings. The molecule has 1 aliphatic heterocycles. The van der Waals surface area contributed by atoms with Crippen LogP contribution in [0.3, 0.4) is 0 Å². The lowest BCUT2D eigenvalue weighted by Crippen LogP contribution is -2.26. The predicted molar refractivity (Wildman–Crippen MR) is 88.5 cm³/mol. The summed E-state index contributed by atoms with van der Waals surface area (Å²) >= 11 is 1.58. The topological polar surface area (TPSA) is 71.5 Å². The van der Waals surface area contributed by atoms with Crippen LogP contribution in [0.25, 0.3) is 11.3 Å². The van der Waals surface area contributed by atoms with Crippen molar-refractivity contribution in [3.63, 3.8) is 0 Å². The van der Waals surface area contributed by atoms with E-state index in [1.807, 2.05) is 29.6 Å². The third kappa shape index (κ3) is 3.87. The zero-order valence-corrected chi connectivity index (χ0v) is 13.6. The number of aromatic nitrogens is 1. The van der Waals surface area contributed by atoms with Crippen molar-refractivity contribution in [2.45, 2.75) is 13.3 Å². The Kier molecular flexibility index (Phi) is 4.57. The molecular weight excluding hydrogens is 314 g/mol. The molecule has 3 rings (SSSR count). The quantitative estimate of drug-likeness (QED) is 0.914. The number of hydrogen-bond acceptors (Lipinski definition) is 5. The van der Waals surface area contributed by atoms with Gasteiger partial charge in [0.2, 0.25) is 5.91 Å². The summed E-state index contributed by atoms with van der Waals surface area (Å²) in [5, 5.41) is 5.73. The molecule has 1 aliphatic rings. The fourth-order valence-corrected chi connectivity index (χ4v) is 3.14. The molecule has 0 unspecified atom stereocenters. The van der Waals surface area contributed by atoms with Crippen LogP contribution in [0.4, 0.5) is 10.5 Å². The normalized spacial score (nSPS) is 14.0. The summed E-state index contributed by atoms with van der Waals surface area (Å²) in [6.07, 6.45) is 0.486. The van der Waals surface area contributed by atoms with Gasteiger partial charge in [-0.2, -0.15) is 0 Å². The highest BCUT2D eigenvalue weighted by Crippen LogP contribution is 2.24. The van der Waals surface area contributed by atoms with E-state index in [1.165, 1.54) is 6.92 Å². The zero-order valence-electron chi connectivity index (χ0n) is 12.7. The summed E-state index contributed by atoms with van der Waals surface area (Å²) in [5.41, 5.74) is 2.68. The van der Waals surface area contributed by atoms with Gasteiger partial charge in [-0.25, -0.2) is 9.78 Å². The Morgan fingerprint density at radius 2 is 2.17 bits per heavy atom. The van der Waals surface area contributed by atoms with Gasteiger partial charge in [0, 0.05) is 36.5 Å². The molecule has 0 bridgehead atoms. The molecule has 1 N–H and O–H groups in total. The van der Waals surface area contributed by atoms with Gasteiger partial charge in [0.25, 0.3) is 0 Å². The van der Waals surface area contributed by atoms with E-state index in [4.69, 9.17) is 4.74 Å². The fraction of sp³-hybridized carbons (Fsp3) is 0.312. The van der Waals surface area contributed by atoms with Crippen LogP contribution in [-0.2, 0) is 16.0 Å². The number of nitrogens with one attached hydrogen (secondary N) is 1. The Morgan fingerprint density at radius 1 is 1.39 bits per heavy atom. The molecule has 0 saturated carbocycles. The molecule has 0 atom stereocenters. The van der Waals surface area contributed by atoms with Crippen molar-refractivity contribution in [1.29, 1.82) is 0 Å². The maximum Gasteiger partial charge on any atom is 0.409 e. The lowest BCUT2D eigenvalue weighted by atomic mass is 10.1. The Labute approximate surface area is 138 Å². The van der Waals surface area contributed by atoms with Crippen LogP contribution in [0, 0.1) is 0 Å². The second-order valence-corrected chi connectivity index (χ2v) is 6.18. The van der Waals surface area contributed by atoms with Gasteiger partial charge >= 0.3 is 6.09 Å². The van der Waals surface area contributed by atoms with Crippen LogP contribution in [0.5, 0.6) is 0 Å². The highest BCUT2D eigenvalue weighted by atomic mass is 32.1. The molecular formula is C16H17N3O3S. The minimum Gasteiger partial charge on any atom is -0.448 e. The number of carbonyl (C=O) groups is 2. The van der Waals surface area contributed by atoms with Gasteiger partial charge < -0.3 is 15.0 Å². The first kappa shape index (κ1) is 15.5. The molecule has 2 aromatic rings. The number of thiazole rings is 1. The number of ether oxygens (including phenoxy) is 1. The van der Waals surface area contributed by atoms with E-state index in [0.717, 1.165) is 28.4 Å². The number of anilines is 1. The summed E-state index contributed by atoms with van der Waals surface area (Å²) < 4.78 is 4.91. The molecule has 0 spiro atoms. The van der Waals surface area contributed by atoms with Gasteiger partial charge in [0.15, 0.2) is 0 Å². The standard InChI is InChI=1S/C16H17N3O3S/c1-11(20)17-13-4-2-12(3-5-13)14-10-23-15(18-14)6-7-19-8-9-22-16(19)21/h2-5,10H,6-9H2,1H3,(H,17,20). The monoisotopic (exact) mass is 331 g/mol. The highest BCUT2D eigenvalue weighted by Gasteiger charge is 2.21. The highest BCUT2D eigenvalue weighted by molar-refractivity contribution is 7.09. The van der Waals surface area contributed by atoms with Crippen LogP contribution in [0.2, 0.25) is 0 Å². The molecule has 2 heterocycles. The van der Waals surface area contributed by atoms with Crippen molar-refractivity contribution in [2.75, 3.05) is 25.0 Å². The summed E-state index contributed by atoms with van der Waals surface area (Å²) in [4.78, 5) is 28.7. The molecule has 1 saturated heterocycles. The van der Waals surface area contributed by atoms with E-state index < -0.39 is 0 Å². The Morgan fingerprint density at radius 3 is 2.83 bits per heavy atom. The lowest BCUT2D eigenvalue weighted by molar-refractivity contribution is -0.114. The van der Waals surface area contributed by atoms with Gasteiger partial charge in [0.05, 0.1) is 17.2 Å². The lowest BCUT2D eigenvalue weighted by Gasteiger charge is -2.10. The molecule has 0 radical (unpaired) electrons. The van der Waals surface area contributed by atoms with Gasteiger partial charge in [-0.3, -0.25) is 4.79 Å². The van der Waals surface area contributed by atoms with Crippen LogP contribution in [-0.4, -0.2) is 41.6 Å². The van der Waals surface area contributed by atoms with Crippen LogP contribution >= 0.6 is 11.3 Å². The average molecular weight is 331 g/mol. The van der Waals surface area contributed by atoms with Gasteiger partial charge in [-0.05, 0) is 12.1 Å². The van der Waals surface area contributed by atoms with Crippen molar-refractivity contribution < 1.29 is 14.3 Å². The Balaban J connectivity index is 1.62. The van der Waals surface area contributed by atoms with Crippen LogP contribution < -0.4 is 5.32 Å². The summed E-state index contributed by atoms with van der Waals surface area (Å²) in [7, 11) is 0. The number of cyclic esters (lactones) is 1. The molecule has 23 heavy (non-hydrogen) atoms. The smallest absolute Gasteiger partial charge is 0.409 e. The third-order valence-electron chi connectivity index (χ3n) is 3.49. The summed E-state index contributed by atoms with van der Waals surface area (Å²) in [6, 6.07) is 7.58. The maximum absolute atomic E-state index is 11.4. The molecule has 2 amide bonds. The third-order valence-corrected chi connectivity index (χ3v) is 4.40. The first-order chi connectivity index (χ1) is 11.1. The van der Waals surface area contributed by atoms with E-state index in [1.54, 1.807) is 16.2 Å². The van der Waals surface area contributed by atoms with Gasteiger partial charge in [0.1, 0.15) is 6.61 Å². The average Bonchev–Trinajstić information content (AvgIpc) is 3.14. The van der Waals surface area contributed by atoms with E-state index in [9.17, 15) is 9.59 Å². The van der Waals surface area contributed by atoms with Gasteiger partial charge in [-0.15, -0.1) is 11.3 Å². The molecule has 0 aliphatic carbocycles. The second-order valence-electron chi connectivity index (χ2n) is 5.24. The Bertz CT molecular complexity index is 712. The zero-order chi connectivity index (χ0) is 16.2. The van der Waals surface area contributed by atoms with E-state index in [2.05, 4.69) is 10.3 Å². The first-order valence-corrected chi connectivity index (χ1v) is 8.24. The van der Waals surface area contributed by atoms with E-state index in [0.29, 0.717) is 19.7 Å². The first-order valence-electron chi connectivity index (χ1n) is 7.36. The number of hydrogen-bond donors (Lipinski definition) is 1. The SMILES string of the molecule is CC(=O)Nc1ccc(-c2csc(CCN3CCOC3=O)n2)cc1. The number of benzene rings is 1. The fourth-order valence-electron chi connectivity index (χ4n) is 2.35. The van der Waals surface area contributed by atoms with E-state index in [-0.39, 0.29) is 12.0 Å². The predicted octanol–water partition coefficient (Wildman–Crippen LogP) is 2.76. The minimum atomic E-state index is -0.240. The number of amides is 2. The number of carbonyl (C=O) groups excluding carboxylic acids is 2.